The fraction of sp³-hybridized carbons (Fsp3) is 0.0952. The molecule has 0 unspecified atom stereocenters. The van der Waals surface area contributed by atoms with Crippen molar-refractivity contribution in [2.75, 3.05) is 0 Å². The molecule has 3 aromatic rings. The molecule has 0 bridgehead atoms. The fourth-order valence-corrected chi connectivity index (χ4v) is 9.54. The van der Waals surface area contributed by atoms with Crippen molar-refractivity contribution in [1.29, 1.82) is 0 Å². The van der Waals surface area contributed by atoms with Crippen LogP contribution in [0.25, 0.3) is 0 Å². The Balaban J connectivity index is 2.10. The quantitative estimate of drug-likeness (QED) is 0.396. The molecule has 0 N–H and O–H groups in total. The van der Waals surface area contributed by atoms with Gasteiger partial charge in [0.25, 0.3) is 0 Å². The Kier molecular flexibility index (Phi) is 4.87. The zero-order valence-electron chi connectivity index (χ0n) is 13.8. The summed E-state index contributed by atoms with van der Waals surface area (Å²) >= 11 is -2.51. The number of rotatable bonds is 4. The van der Waals surface area contributed by atoms with Crippen LogP contribution < -0.4 is 17.8 Å². The first kappa shape index (κ1) is 16.5. The first-order chi connectivity index (χ1) is 11.6. The van der Waals surface area contributed by atoms with E-state index in [0.717, 1.165) is 0 Å². The molecule has 3 heteroatoms. The summed E-state index contributed by atoms with van der Waals surface area (Å²) in [6.45, 7) is 1.42. The summed E-state index contributed by atoms with van der Waals surface area (Å²) < 4.78 is 9.28. The molecule has 0 spiro atoms. The maximum absolute atomic E-state index is 11.1. The zero-order valence-corrected chi connectivity index (χ0v) is 15.7. The van der Waals surface area contributed by atoms with E-state index < -0.39 is 13.6 Å². The molecule has 3 aromatic carbocycles. The second kappa shape index (κ2) is 7.07. The number of esters is 1. The number of benzene rings is 3. The van der Waals surface area contributed by atoms with Crippen molar-refractivity contribution in [2.24, 2.45) is 0 Å². The Morgan fingerprint density at radius 2 is 1.12 bits per heavy atom. The third-order valence-corrected chi connectivity index (χ3v) is 12.5. The summed E-state index contributed by atoms with van der Waals surface area (Å²) in [6, 6.07) is 29.4. The average Bonchev–Trinajstić information content (AvgIpc) is 2.63. The van der Waals surface area contributed by atoms with E-state index in [-0.39, 0.29) is 5.97 Å². The molecule has 0 aromatic heterocycles. The molecule has 0 aliphatic heterocycles. The first-order valence-corrected chi connectivity index (χ1v) is 12.6. The van der Waals surface area contributed by atoms with E-state index in [1.807, 2.05) is 12.1 Å². The zero-order chi connectivity index (χ0) is 17.0. The Labute approximate surface area is 145 Å². The molecule has 0 radical (unpaired) electrons. The van der Waals surface area contributed by atoms with Crippen LogP contribution in [0.5, 0.6) is 5.75 Å². The van der Waals surface area contributed by atoms with Crippen LogP contribution in [0.3, 0.4) is 0 Å². The maximum atomic E-state index is 11.1. The van der Waals surface area contributed by atoms with E-state index in [1.54, 1.807) is 0 Å². The second-order valence-corrected chi connectivity index (χ2v) is 13.2. The molecule has 0 atom stereocenters. The Bertz CT molecular complexity index is 772. The van der Waals surface area contributed by atoms with Gasteiger partial charge in [0.2, 0.25) is 0 Å². The Hall–Kier alpha value is -2.31. The van der Waals surface area contributed by atoms with Gasteiger partial charge in [-0.05, 0) is 0 Å². The van der Waals surface area contributed by atoms with Gasteiger partial charge in [-0.2, -0.15) is 0 Å². The number of ether oxygens (including phenoxy) is 1. The summed E-state index contributed by atoms with van der Waals surface area (Å²) in [6.07, 6.45) is 0. The van der Waals surface area contributed by atoms with Gasteiger partial charge < -0.3 is 0 Å². The number of carbonyl (C=O) groups is 1. The van der Waals surface area contributed by atoms with Crippen LogP contribution in [0.15, 0.2) is 84.9 Å². The summed E-state index contributed by atoms with van der Waals surface area (Å²) in [5, 5.41) is 0. The van der Waals surface area contributed by atoms with Crippen molar-refractivity contribution >= 4 is 32.6 Å². The summed E-state index contributed by atoms with van der Waals surface area (Å²) in [5.74, 6) is 0.297. The third kappa shape index (κ3) is 3.29. The standard InChI is InChI=1S/C21H20AsO2/c1-17(23)24-21-15-13-20(14-16-21)22(2,18-9-5-3-6-10-18)19-11-7-4-8-12-19/h3-16H,1-2H3/q+1. The SMILES string of the molecule is CC(=O)Oc1ccc([As+](C)(c2ccccc2)c2ccccc2)cc1. The average molecular weight is 379 g/mol. The molecular formula is C21H20AsO2+. The first-order valence-electron chi connectivity index (χ1n) is 7.87. The molecule has 2 nitrogen and oxygen atoms in total. The molecule has 0 aliphatic carbocycles. The van der Waals surface area contributed by atoms with E-state index in [0.29, 0.717) is 5.75 Å². The Morgan fingerprint density at radius 3 is 1.54 bits per heavy atom. The molecule has 3 rings (SSSR count). The van der Waals surface area contributed by atoms with Gasteiger partial charge in [-0.15, -0.1) is 0 Å². The van der Waals surface area contributed by atoms with E-state index >= 15 is 0 Å². The van der Waals surface area contributed by atoms with Crippen molar-refractivity contribution in [2.45, 2.75) is 12.6 Å². The van der Waals surface area contributed by atoms with Crippen LogP contribution in [-0.2, 0) is 4.79 Å². The second-order valence-electron chi connectivity index (χ2n) is 5.76. The van der Waals surface area contributed by atoms with Crippen molar-refractivity contribution in [1.82, 2.24) is 0 Å². The predicted octanol–water partition coefficient (Wildman–Crippen LogP) is 2.71. The molecule has 0 heterocycles. The van der Waals surface area contributed by atoms with Crippen LogP contribution in [-0.4, -0.2) is 19.5 Å². The van der Waals surface area contributed by atoms with Crippen LogP contribution in [0.1, 0.15) is 6.92 Å². The van der Waals surface area contributed by atoms with Gasteiger partial charge in [0, 0.05) is 0 Å². The van der Waals surface area contributed by atoms with Gasteiger partial charge in [0.15, 0.2) is 0 Å². The number of hydrogen-bond acceptors (Lipinski definition) is 2. The molecular weight excluding hydrogens is 359 g/mol. The van der Waals surface area contributed by atoms with E-state index in [9.17, 15) is 4.79 Å². The monoisotopic (exact) mass is 379 g/mol. The van der Waals surface area contributed by atoms with Crippen molar-refractivity contribution in [3.63, 3.8) is 0 Å². The van der Waals surface area contributed by atoms with Gasteiger partial charge in [-0.3, -0.25) is 0 Å². The summed E-state index contributed by atoms with van der Waals surface area (Å²) in [4.78, 5) is 11.1. The topological polar surface area (TPSA) is 26.3 Å². The molecule has 0 aliphatic rings. The van der Waals surface area contributed by atoms with E-state index in [2.05, 4.69) is 78.5 Å². The molecule has 24 heavy (non-hydrogen) atoms. The van der Waals surface area contributed by atoms with Crippen molar-refractivity contribution in [3.8, 4) is 5.75 Å². The minimum absolute atomic E-state index is 0.295. The molecule has 0 fully saturated rings. The van der Waals surface area contributed by atoms with Crippen LogP contribution >= 0.6 is 0 Å². The van der Waals surface area contributed by atoms with Gasteiger partial charge in [-0.25, -0.2) is 0 Å². The summed E-state index contributed by atoms with van der Waals surface area (Å²) in [7, 11) is 0. The van der Waals surface area contributed by atoms with E-state index in [4.69, 9.17) is 4.74 Å². The van der Waals surface area contributed by atoms with Gasteiger partial charge in [0.1, 0.15) is 0 Å². The van der Waals surface area contributed by atoms with Crippen LogP contribution in [0.4, 0.5) is 0 Å². The van der Waals surface area contributed by atoms with Crippen LogP contribution in [0, 0.1) is 0 Å². The number of hydrogen-bond donors (Lipinski definition) is 0. The third-order valence-electron chi connectivity index (χ3n) is 4.16. The van der Waals surface area contributed by atoms with Gasteiger partial charge >= 0.3 is 145 Å². The summed E-state index contributed by atoms with van der Waals surface area (Å²) in [5.41, 5.74) is 2.39. The molecule has 120 valence electrons. The van der Waals surface area contributed by atoms with Gasteiger partial charge in [0.05, 0.1) is 0 Å². The van der Waals surface area contributed by atoms with Crippen molar-refractivity contribution in [3.05, 3.63) is 84.9 Å². The van der Waals surface area contributed by atoms with E-state index in [1.165, 1.54) is 20.0 Å². The predicted molar refractivity (Wildman–Crippen MR) is 101 cm³/mol. The molecule has 0 amide bonds. The molecule has 0 saturated carbocycles. The van der Waals surface area contributed by atoms with Gasteiger partial charge in [-0.1, -0.05) is 0 Å². The normalized spacial score (nSPS) is 11.1. The minimum atomic E-state index is -2.51. The van der Waals surface area contributed by atoms with Crippen LogP contribution in [0.2, 0.25) is 5.71 Å². The number of carbonyl (C=O) groups excluding carboxylic acids is 1. The Morgan fingerprint density at radius 1 is 0.708 bits per heavy atom. The molecule has 0 saturated heterocycles. The van der Waals surface area contributed by atoms with Crippen molar-refractivity contribution < 1.29 is 9.53 Å². The fourth-order valence-electron chi connectivity index (χ4n) is 2.88.